The second-order valence-corrected chi connectivity index (χ2v) is 12.9. The van der Waals surface area contributed by atoms with Crippen LogP contribution in [0.25, 0.3) is 0 Å². The van der Waals surface area contributed by atoms with Crippen molar-refractivity contribution in [2.45, 2.75) is 83.2 Å². The average Bonchev–Trinajstić information content (AvgIpc) is 3.44. The summed E-state index contributed by atoms with van der Waals surface area (Å²) in [5.74, 6) is 0.756. The van der Waals surface area contributed by atoms with Gasteiger partial charge in [0.2, 0.25) is 5.91 Å². The van der Waals surface area contributed by atoms with Gasteiger partial charge in [0.1, 0.15) is 11.4 Å². The van der Waals surface area contributed by atoms with Crippen molar-refractivity contribution in [3.05, 3.63) is 11.9 Å². The first-order valence-electron chi connectivity index (χ1n) is 15.3. The molecule has 4 fully saturated rings. The molecule has 2 amide bonds. The number of hydrogen-bond donors (Lipinski definition) is 2. The van der Waals surface area contributed by atoms with Crippen molar-refractivity contribution in [1.82, 2.24) is 20.0 Å². The summed E-state index contributed by atoms with van der Waals surface area (Å²) in [5.41, 5.74) is -0.793. The third-order valence-electron chi connectivity index (χ3n) is 10.1. The van der Waals surface area contributed by atoms with E-state index in [1.54, 1.807) is 11.1 Å². The molecule has 0 aromatic rings. The number of nitrogens with one attached hydrogen (secondary N) is 1. The summed E-state index contributed by atoms with van der Waals surface area (Å²) in [4.78, 5) is 48.6. The lowest BCUT2D eigenvalue weighted by Crippen LogP contribution is -2.64. The predicted octanol–water partition coefficient (Wildman–Crippen LogP) is 2.35. The molecule has 216 valence electrons. The molecule has 1 unspecified atom stereocenters. The van der Waals surface area contributed by atoms with Crippen molar-refractivity contribution in [1.29, 1.82) is 0 Å². The molecule has 0 aromatic carbocycles. The second-order valence-electron chi connectivity index (χ2n) is 12.9. The Bertz CT molecular complexity index is 978. The van der Waals surface area contributed by atoms with Crippen molar-refractivity contribution >= 4 is 23.8 Å². The van der Waals surface area contributed by atoms with E-state index in [-0.39, 0.29) is 35.4 Å². The van der Waals surface area contributed by atoms with E-state index in [1.807, 2.05) is 9.80 Å². The number of nitrogens with zero attached hydrogens (tertiary/aromatic N) is 4. The molecule has 39 heavy (non-hydrogen) atoms. The summed E-state index contributed by atoms with van der Waals surface area (Å²) in [6.45, 7) is 6.54. The van der Waals surface area contributed by atoms with Gasteiger partial charge in [0.05, 0.1) is 12.1 Å². The van der Waals surface area contributed by atoms with E-state index in [0.29, 0.717) is 50.8 Å². The van der Waals surface area contributed by atoms with Crippen molar-refractivity contribution < 1.29 is 19.5 Å². The summed E-state index contributed by atoms with van der Waals surface area (Å²) in [6, 6.07) is 0. The summed E-state index contributed by atoms with van der Waals surface area (Å²) >= 11 is 0. The Morgan fingerprint density at radius 1 is 1.08 bits per heavy atom. The molecule has 9 nitrogen and oxygen atoms in total. The molecule has 3 aliphatic heterocycles. The fourth-order valence-electron chi connectivity index (χ4n) is 7.90. The van der Waals surface area contributed by atoms with Gasteiger partial charge in [-0.2, -0.15) is 0 Å². The van der Waals surface area contributed by atoms with Gasteiger partial charge in [0.25, 0.3) is 5.91 Å². The molecular formula is C30H47N5O4. The van der Waals surface area contributed by atoms with Crippen LogP contribution in [-0.2, 0) is 14.4 Å². The third kappa shape index (κ3) is 6.09. The third-order valence-corrected chi connectivity index (χ3v) is 10.1. The highest BCUT2D eigenvalue weighted by Crippen LogP contribution is 2.51. The number of carbonyl (C=O) groups excluding carboxylic acids is 3. The van der Waals surface area contributed by atoms with Gasteiger partial charge in [0, 0.05) is 63.3 Å². The molecule has 2 saturated carbocycles. The largest absolute Gasteiger partial charge is 0.387 e. The first kappa shape index (κ1) is 28.3. The summed E-state index contributed by atoms with van der Waals surface area (Å²) < 4.78 is 0. The van der Waals surface area contributed by atoms with Gasteiger partial charge in [-0.15, -0.1) is 0 Å². The lowest BCUT2D eigenvalue weighted by atomic mass is 9.65. The zero-order chi connectivity index (χ0) is 27.5. The lowest BCUT2D eigenvalue weighted by molar-refractivity contribution is -0.162. The maximum atomic E-state index is 13.6. The van der Waals surface area contributed by atoms with Crippen molar-refractivity contribution in [2.24, 2.45) is 22.2 Å². The Hall–Kier alpha value is -2.26. The van der Waals surface area contributed by atoms with Crippen LogP contribution in [0.4, 0.5) is 0 Å². The van der Waals surface area contributed by atoms with Crippen LogP contribution in [0.3, 0.4) is 0 Å². The zero-order valence-corrected chi connectivity index (χ0v) is 23.7. The van der Waals surface area contributed by atoms with Crippen LogP contribution in [0.2, 0.25) is 0 Å². The van der Waals surface area contributed by atoms with Gasteiger partial charge in [-0.3, -0.25) is 14.4 Å². The van der Waals surface area contributed by atoms with Crippen LogP contribution < -0.4 is 5.32 Å². The number of aliphatic imine (C=N–C) groups is 1. The summed E-state index contributed by atoms with van der Waals surface area (Å²) in [6.07, 6.45) is 14.2. The van der Waals surface area contributed by atoms with Gasteiger partial charge in [-0.1, -0.05) is 51.9 Å². The van der Waals surface area contributed by atoms with Gasteiger partial charge >= 0.3 is 0 Å². The van der Waals surface area contributed by atoms with Crippen LogP contribution in [0.1, 0.15) is 77.6 Å². The molecule has 2 atom stereocenters. The number of hydrogen-bond acceptors (Lipinski definition) is 7. The van der Waals surface area contributed by atoms with Crippen LogP contribution in [0.5, 0.6) is 0 Å². The second kappa shape index (κ2) is 12.1. The van der Waals surface area contributed by atoms with Gasteiger partial charge < -0.3 is 25.1 Å². The summed E-state index contributed by atoms with van der Waals surface area (Å²) in [5, 5.41) is 15.5. The average molecular weight is 542 g/mol. The number of aliphatic hydroxyl groups is 1. The Balaban J connectivity index is 1.29. The number of piperazine rings is 1. The van der Waals surface area contributed by atoms with E-state index in [1.165, 1.54) is 32.1 Å². The molecule has 2 N–H and O–H groups in total. The van der Waals surface area contributed by atoms with Crippen LogP contribution in [-0.4, -0.2) is 102 Å². The van der Waals surface area contributed by atoms with Crippen molar-refractivity contribution in [2.75, 3.05) is 52.4 Å². The van der Waals surface area contributed by atoms with Gasteiger partial charge in [-0.05, 0) is 31.6 Å². The van der Waals surface area contributed by atoms with Gasteiger partial charge in [0.15, 0.2) is 6.29 Å². The van der Waals surface area contributed by atoms with E-state index in [0.717, 1.165) is 51.5 Å². The Labute approximate surface area is 233 Å². The number of piperidine rings is 1. The predicted molar refractivity (Wildman–Crippen MR) is 150 cm³/mol. The molecule has 0 radical (unpaired) electrons. The van der Waals surface area contributed by atoms with E-state index >= 15 is 0 Å². The molecule has 2 saturated heterocycles. The van der Waals surface area contributed by atoms with Crippen LogP contribution >= 0.6 is 0 Å². The highest BCUT2D eigenvalue weighted by Gasteiger charge is 2.56. The minimum Gasteiger partial charge on any atom is -0.387 e. The monoisotopic (exact) mass is 541 g/mol. The number of carbonyl (C=O) groups is 3. The molecule has 3 heterocycles. The van der Waals surface area contributed by atoms with Gasteiger partial charge in [-0.25, -0.2) is 4.99 Å². The molecule has 0 bridgehead atoms. The Kier molecular flexibility index (Phi) is 8.76. The molecule has 0 aromatic heterocycles. The molecular weight excluding hydrogens is 494 g/mol. The maximum Gasteiger partial charge on any atom is 0.274 e. The first-order valence-corrected chi connectivity index (χ1v) is 15.3. The van der Waals surface area contributed by atoms with Crippen LogP contribution in [0, 0.1) is 17.3 Å². The Morgan fingerprint density at radius 2 is 1.79 bits per heavy atom. The maximum absolute atomic E-state index is 13.6. The SMILES string of the molecule is C[C@H](CC1CCCCC1)C(=O)N1CCC(O)(CN2C=C(C(=O)N3CCNCC3)N=C(C=O)C2)C2(CCCC2)C1. The molecule has 2 aliphatic carbocycles. The zero-order valence-electron chi connectivity index (χ0n) is 23.7. The minimum absolute atomic E-state index is 0.0210. The minimum atomic E-state index is -1.00. The highest BCUT2D eigenvalue weighted by atomic mass is 16.3. The van der Waals surface area contributed by atoms with Crippen molar-refractivity contribution in [3.8, 4) is 0 Å². The highest BCUT2D eigenvalue weighted by molar-refractivity contribution is 6.30. The first-order chi connectivity index (χ1) is 18.8. The topological polar surface area (TPSA) is 106 Å². The smallest absolute Gasteiger partial charge is 0.274 e. The number of aldehydes is 1. The van der Waals surface area contributed by atoms with E-state index in [2.05, 4.69) is 17.2 Å². The lowest BCUT2D eigenvalue weighted by Gasteiger charge is -2.54. The van der Waals surface area contributed by atoms with Crippen LogP contribution in [0.15, 0.2) is 16.9 Å². The fraction of sp³-hybridized carbons (Fsp3) is 0.800. The standard InChI is InChI=1S/C30H47N5O4/c1-23(17-24-7-3-2-4-8-24)27(37)35-14-11-30(39,29(21-35)9-5-6-10-29)22-33-18-25(20-36)32-26(19-33)28(38)34-15-12-31-13-16-34/h19-20,23-24,31,39H,2-18,21-22H2,1H3/t23-,30?/m1/s1. The van der Waals surface area contributed by atoms with E-state index in [4.69, 9.17) is 0 Å². The van der Waals surface area contributed by atoms with Crippen molar-refractivity contribution in [3.63, 3.8) is 0 Å². The number of amides is 2. The molecule has 5 rings (SSSR count). The summed E-state index contributed by atoms with van der Waals surface area (Å²) in [7, 11) is 0. The fourth-order valence-corrected chi connectivity index (χ4v) is 7.90. The quantitative estimate of drug-likeness (QED) is 0.480. The molecule has 1 spiro atoms. The van der Waals surface area contributed by atoms with E-state index in [9.17, 15) is 19.5 Å². The normalized spacial score (nSPS) is 28.7. The number of β-amino-alcohol motifs (C(OH)–C–C–N with tert-alkyl or cyclic N) is 1. The Morgan fingerprint density at radius 3 is 2.49 bits per heavy atom. The molecule has 9 heteroatoms. The van der Waals surface area contributed by atoms with E-state index < -0.39 is 5.60 Å². The molecule has 5 aliphatic rings. The number of likely N-dealkylation sites (tertiary alicyclic amines) is 1. The number of rotatable bonds is 7.